The lowest BCUT2D eigenvalue weighted by Gasteiger charge is -2.19. The van der Waals surface area contributed by atoms with E-state index < -0.39 is 0 Å². The average molecular weight is 260 g/mol. The quantitative estimate of drug-likeness (QED) is 0.883. The van der Waals surface area contributed by atoms with Crippen molar-refractivity contribution in [3.8, 4) is 0 Å². The van der Waals surface area contributed by atoms with Crippen molar-refractivity contribution in [3.63, 3.8) is 0 Å². The summed E-state index contributed by atoms with van der Waals surface area (Å²) in [6.45, 7) is 7.75. The van der Waals surface area contributed by atoms with Gasteiger partial charge in [0.1, 0.15) is 17.5 Å². The van der Waals surface area contributed by atoms with Gasteiger partial charge in [-0.05, 0) is 31.6 Å². The number of nitrogens with one attached hydrogen (secondary N) is 1. The van der Waals surface area contributed by atoms with Gasteiger partial charge < -0.3 is 10.2 Å². The second-order valence-corrected chi connectivity index (χ2v) is 6.01. The summed E-state index contributed by atoms with van der Waals surface area (Å²) < 4.78 is 0. The highest BCUT2D eigenvalue weighted by Gasteiger charge is 2.29. The molecule has 1 unspecified atom stereocenters. The van der Waals surface area contributed by atoms with Crippen LogP contribution in [-0.2, 0) is 0 Å². The van der Waals surface area contributed by atoms with Crippen molar-refractivity contribution in [1.29, 1.82) is 0 Å². The van der Waals surface area contributed by atoms with Gasteiger partial charge in [-0.2, -0.15) is 0 Å². The minimum atomic E-state index is 0.613. The summed E-state index contributed by atoms with van der Waals surface area (Å²) in [5, 5.41) is 3.41. The molecule has 1 aliphatic heterocycles. The van der Waals surface area contributed by atoms with E-state index in [-0.39, 0.29) is 0 Å². The summed E-state index contributed by atoms with van der Waals surface area (Å²) in [4.78, 5) is 11.9. The number of rotatable bonds is 5. The zero-order valence-electron chi connectivity index (χ0n) is 12.0. The van der Waals surface area contributed by atoms with Crippen molar-refractivity contribution in [3.05, 3.63) is 11.9 Å². The van der Waals surface area contributed by atoms with Crippen molar-refractivity contribution in [1.82, 2.24) is 9.97 Å². The SMILES string of the molecule is CCCNc1cc(N2CCC(C)C2)nc(C2CC2)n1. The van der Waals surface area contributed by atoms with E-state index in [2.05, 4.69) is 35.1 Å². The molecular weight excluding hydrogens is 236 g/mol. The highest BCUT2D eigenvalue weighted by molar-refractivity contribution is 5.50. The Labute approximate surface area is 115 Å². The molecule has 2 aliphatic rings. The molecule has 1 aromatic heterocycles. The Hall–Kier alpha value is -1.32. The molecule has 0 aromatic carbocycles. The van der Waals surface area contributed by atoms with E-state index in [1.54, 1.807) is 0 Å². The van der Waals surface area contributed by atoms with Gasteiger partial charge in [0.25, 0.3) is 0 Å². The number of anilines is 2. The van der Waals surface area contributed by atoms with Gasteiger partial charge in [-0.25, -0.2) is 9.97 Å². The smallest absolute Gasteiger partial charge is 0.136 e. The van der Waals surface area contributed by atoms with Crippen LogP contribution in [0.25, 0.3) is 0 Å². The molecule has 1 atom stereocenters. The second-order valence-electron chi connectivity index (χ2n) is 6.01. The van der Waals surface area contributed by atoms with E-state index in [0.717, 1.165) is 49.4 Å². The van der Waals surface area contributed by atoms with Crippen molar-refractivity contribution in [2.24, 2.45) is 5.92 Å². The van der Waals surface area contributed by atoms with Crippen molar-refractivity contribution in [2.75, 3.05) is 29.9 Å². The number of nitrogens with zero attached hydrogens (tertiary/aromatic N) is 3. The molecule has 104 valence electrons. The van der Waals surface area contributed by atoms with Gasteiger partial charge in [-0.3, -0.25) is 0 Å². The third-order valence-corrected chi connectivity index (χ3v) is 3.98. The average Bonchev–Trinajstić information content (AvgIpc) is 3.18. The summed E-state index contributed by atoms with van der Waals surface area (Å²) in [6.07, 6.45) is 4.92. The van der Waals surface area contributed by atoms with Gasteiger partial charge in [0.15, 0.2) is 0 Å². The Kier molecular flexibility index (Phi) is 3.58. The molecule has 1 N–H and O–H groups in total. The van der Waals surface area contributed by atoms with Gasteiger partial charge in [-0.1, -0.05) is 13.8 Å². The largest absolute Gasteiger partial charge is 0.370 e. The first kappa shape index (κ1) is 12.7. The van der Waals surface area contributed by atoms with E-state index in [1.807, 2.05) is 0 Å². The molecule has 3 rings (SSSR count). The van der Waals surface area contributed by atoms with Crippen LogP contribution < -0.4 is 10.2 Å². The molecule has 1 aliphatic carbocycles. The summed E-state index contributed by atoms with van der Waals surface area (Å²) >= 11 is 0. The highest BCUT2D eigenvalue weighted by Crippen LogP contribution is 2.39. The van der Waals surface area contributed by atoms with Gasteiger partial charge in [0.05, 0.1) is 0 Å². The Morgan fingerprint density at radius 3 is 2.79 bits per heavy atom. The van der Waals surface area contributed by atoms with E-state index in [1.165, 1.54) is 19.3 Å². The van der Waals surface area contributed by atoms with E-state index >= 15 is 0 Å². The maximum Gasteiger partial charge on any atom is 0.136 e. The van der Waals surface area contributed by atoms with Crippen LogP contribution in [0.3, 0.4) is 0 Å². The molecule has 2 heterocycles. The first-order valence-corrected chi connectivity index (χ1v) is 7.64. The van der Waals surface area contributed by atoms with Crippen LogP contribution in [-0.4, -0.2) is 29.6 Å². The molecule has 1 saturated carbocycles. The van der Waals surface area contributed by atoms with E-state index in [0.29, 0.717) is 5.92 Å². The molecular formula is C15H24N4. The monoisotopic (exact) mass is 260 g/mol. The lowest BCUT2D eigenvalue weighted by molar-refractivity contribution is 0.658. The molecule has 0 bridgehead atoms. The summed E-state index contributed by atoms with van der Waals surface area (Å²) in [5.74, 6) is 4.58. The van der Waals surface area contributed by atoms with E-state index in [9.17, 15) is 0 Å². The molecule has 0 radical (unpaired) electrons. The number of hydrogen-bond acceptors (Lipinski definition) is 4. The molecule has 4 heteroatoms. The highest BCUT2D eigenvalue weighted by atomic mass is 15.2. The Bertz CT molecular complexity index is 442. The maximum atomic E-state index is 4.79. The first-order chi connectivity index (χ1) is 9.26. The predicted molar refractivity (Wildman–Crippen MR) is 78.8 cm³/mol. The third-order valence-electron chi connectivity index (χ3n) is 3.98. The summed E-state index contributed by atoms with van der Waals surface area (Å²) in [7, 11) is 0. The lowest BCUT2D eigenvalue weighted by Crippen LogP contribution is -2.21. The Morgan fingerprint density at radius 2 is 2.16 bits per heavy atom. The fourth-order valence-electron chi connectivity index (χ4n) is 2.63. The second kappa shape index (κ2) is 5.35. The van der Waals surface area contributed by atoms with Gasteiger partial charge >= 0.3 is 0 Å². The minimum Gasteiger partial charge on any atom is -0.370 e. The molecule has 1 aromatic rings. The van der Waals surface area contributed by atoms with Crippen LogP contribution in [0.4, 0.5) is 11.6 Å². The number of hydrogen-bond donors (Lipinski definition) is 1. The molecule has 0 spiro atoms. The standard InChI is InChI=1S/C15H24N4/c1-3-7-16-13-9-14(19-8-6-11(2)10-19)18-15(17-13)12-4-5-12/h9,11-12H,3-8,10H2,1-2H3,(H,16,17,18). The van der Waals surface area contributed by atoms with Crippen LogP contribution in [0.15, 0.2) is 6.07 Å². The lowest BCUT2D eigenvalue weighted by atomic mass is 10.2. The maximum absolute atomic E-state index is 4.79. The van der Waals surface area contributed by atoms with Crippen LogP contribution in [0.1, 0.15) is 51.3 Å². The first-order valence-electron chi connectivity index (χ1n) is 7.64. The fourth-order valence-corrected chi connectivity index (χ4v) is 2.63. The van der Waals surface area contributed by atoms with Crippen molar-refractivity contribution < 1.29 is 0 Å². The van der Waals surface area contributed by atoms with E-state index in [4.69, 9.17) is 4.98 Å². The number of aromatic nitrogens is 2. The van der Waals surface area contributed by atoms with Gasteiger partial charge in [0, 0.05) is 31.6 Å². The summed E-state index contributed by atoms with van der Waals surface area (Å²) in [6, 6.07) is 2.12. The van der Waals surface area contributed by atoms with Crippen LogP contribution >= 0.6 is 0 Å². The molecule has 4 nitrogen and oxygen atoms in total. The van der Waals surface area contributed by atoms with Gasteiger partial charge in [0.2, 0.25) is 0 Å². The van der Waals surface area contributed by atoms with Crippen molar-refractivity contribution >= 4 is 11.6 Å². The van der Waals surface area contributed by atoms with Crippen LogP contribution in [0.2, 0.25) is 0 Å². The topological polar surface area (TPSA) is 41.0 Å². The predicted octanol–water partition coefficient (Wildman–Crippen LogP) is 3.02. The third kappa shape index (κ3) is 2.99. The van der Waals surface area contributed by atoms with Crippen LogP contribution in [0.5, 0.6) is 0 Å². The zero-order valence-corrected chi connectivity index (χ0v) is 12.0. The Morgan fingerprint density at radius 1 is 1.32 bits per heavy atom. The zero-order chi connectivity index (χ0) is 13.2. The normalized spacial score (nSPS) is 22.8. The molecule has 19 heavy (non-hydrogen) atoms. The summed E-state index contributed by atoms with van der Waals surface area (Å²) in [5.41, 5.74) is 0. The Balaban J connectivity index is 1.82. The fraction of sp³-hybridized carbons (Fsp3) is 0.733. The minimum absolute atomic E-state index is 0.613. The van der Waals surface area contributed by atoms with Gasteiger partial charge in [-0.15, -0.1) is 0 Å². The van der Waals surface area contributed by atoms with Crippen molar-refractivity contribution in [2.45, 2.75) is 45.4 Å². The molecule has 1 saturated heterocycles. The van der Waals surface area contributed by atoms with Crippen LogP contribution in [0, 0.1) is 5.92 Å². The molecule has 2 fully saturated rings. The molecule has 0 amide bonds.